The van der Waals surface area contributed by atoms with Crippen molar-refractivity contribution in [2.75, 3.05) is 12.0 Å². The summed E-state index contributed by atoms with van der Waals surface area (Å²) >= 11 is 11.5. The predicted octanol–water partition coefficient (Wildman–Crippen LogP) is 4.61. The molecule has 0 atom stereocenters. The molecule has 2 amide bonds. The number of ether oxygens (including phenoxy) is 1. The minimum atomic E-state index is -0.537. The molecule has 1 saturated heterocycles. The Morgan fingerprint density at radius 2 is 1.90 bits per heavy atom. The molecule has 1 N–H and O–H groups in total. The summed E-state index contributed by atoms with van der Waals surface area (Å²) in [5, 5.41) is 2.94. The Bertz CT molecular complexity index is 1050. The Balaban J connectivity index is 2.10. The molecule has 0 aromatic heterocycles. The van der Waals surface area contributed by atoms with Crippen LogP contribution in [-0.2, 0) is 9.59 Å². The molecule has 0 bridgehead atoms. The number of anilines is 1. The van der Waals surface area contributed by atoms with Crippen LogP contribution in [0.2, 0.25) is 5.02 Å². The van der Waals surface area contributed by atoms with Crippen molar-refractivity contribution in [1.82, 2.24) is 5.32 Å². The summed E-state index contributed by atoms with van der Waals surface area (Å²) in [6.45, 7) is 6.01. The van der Waals surface area contributed by atoms with Crippen LogP contribution in [0.25, 0.3) is 6.08 Å². The van der Waals surface area contributed by atoms with Gasteiger partial charge in [0.25, 0.3) is 11.8 Å². The first kappa shape index (κ1) is 21.0. The van der Waals surface area contributed by atoms with E-state index in [0.717, 1.165) is 22.4 Å². The number of rotatable bonds is 4. The van der Waals surface area contributed by atoms with Gasteiger partial charge in [0.2, 0.25) is 0 Å². The Kier molecular flexibility index (Phi) is 6.05. The second-order valence-corrected chi connectivity index (χ2v) is 7.81. The molecule has 0 spiro atoms. The van der Waals surface area contributed by atoms with E-state index in [2.05, 4.69) is 19.2 Å². The SMILES string of the molecule is COc1cc(C)c(/C=C2\C(=O)NC(=S)N(c3ccccc3Cl)C2=O)cc1C(C)C. The van der Waals surface area contributed by atoms with Crippen LogP contribution in [0.5, 0.6) is 5.75 Å². The summed E-state index contributed by atoms with van der Waals surface area (Å²) in [4.78, 5) is 27.0. The normalized spacial score (nSPS) is 15.9. The molecule has 0 aliphatic carbocycles. The molecule has 150 valence electrons. The van der Waals surface area contributed by atoms with E-state index in [9.17, 15) is 9.59 Å². The number of carbonyl (C=O) groups excluding carboxylic acids is 2. The lowest BCUT2D eigenvalue weighted by Crippen LogP contribution is -2.54. The molecule has 3 rings (SSSR count). The van der Waals surface area contributed by atoms with Gasteiger partial charge in [-0.3, -0.25) is 19.8 Å². The fourth-order valence-corrected chi connectivity index (χ4v) is 3.66. The van der Waals surface area contributed by atoms with Crippen LogP contribution in [0.4, 0.5) is 5.69 Å². The van der Waals surface area contributed by atoms with Crippen molar-refractivity contribution in [1.29, 1.82) is 0 Å². The maximum absolute atomic E-state index is 13.2. The molecular weight excluding hydrogens is 408 g/mol. The van der Waals surface area contributed by atoms with Gasteiger partial charge < -0.3 is 4.74 Å². The number of amides is 2. The van der Waals surface area contributed by atoms with Crippen LogP contribution in [0.15, 0.2) is 42.0 Å². The monoisotopic (exact) mass is 428 g/mol. The first-order valence-corrected chi connectivity index (χ1v) is 9.87. The van der Waals surface area contributed by atoms with Gasteiger partial charge in [-0.1, -0.05) is 37.6 Å². The smallest absolute Gasteiger partial charge is 0.270 e. The summed E-state index contributed by atoms with van der Waals surface area (Å²) in [5.41, 5.74) is 3.05. The van der Waals surface area contributed by atoms with Crippen molar-refractivity contribution < 1.29 is 14.3 Å². The molecule has 1 aliphatic rings. The zero-order valence-electron chi connectivity index (χ0n) is 16.6. The van der Waals surface area contributed by atoms with Crippen molar-refractivity contribution >= 4 is 52.5 Å². The minimum Gasteiger partial charge on any atom is -0.496 e. The Morgan fingerprint density at radius 3 is 2.52 bits per heavy atom. The van der Waals surface area contributed by atoms with E-state index in [1.54, 1.807) is 37.5 Å². The van der Waals surface area contributed by atoms with Gasteiger partial charge in [-0.15, -0.1) is 0 Å². The molecule has 2 aromatic carbocycles. The van der Waals surface area contributed by atoms with Gasteiger partial charge in [-0.25, -0.2) is 0 Å². The van der Waals surface area contributed by atoms with Gasteiger partial charge in [0, 0.05) is 0 Å². The van der Waals surface area contributed by atoms with Crippen LogP contribution < -0.4 is 15.0 Å². The zero-order chi connectivity index (χ0) is 21.3. The summed E-state index contributed by atoms with van der Waals surface area (Å²) in [7, 11) is 1.62. The maximum atomic E-state index is 13.2. The van der Waals surface area contributed by atoms with Crippen LogP contribution >= 0.6 is 23.8 Å². The maximum Gasteiger partial charge on any atom is 0.270 e. The highest BCUT2D eigenvalue weighted by atomic mass is 35.5. The number of thiocarbonyl (C=S) groups is 1. The highest BCUT2D eigenvalue weighted by Crippen LogP contribution is 2.32. The molecule has 1 aliphatic heterocycles. The number of aryl methyl sites for hydroxylation is 1. The molecule has 1 fully saturated rings. The van der Waals surface area contributed by atoms with E-state index in [4.69, 9.17) is 28.6 Å². The Labute approximate surface area is 180 Å². The Morgan fingerprint density at radius 1 is 1.21 bits per heavy atom. The van der Waals surface area contributed by atoms with Crippen molar-refractivity contribution in [3.05, 3.63) is 63.7 Å². The highest BCUT2D eigenvalue weighted by Gasteiger charge is 2.35. The third kappa shape index (κ3) is 4.04. The van der Waals surface area contributed by atoms with Crippen molar-refractivity contribution in [3.63, 3.8) is 0 Å². The zero-order valence-corrected chi connectivity index (χ0v) is 18.1. The van der Waals surface area contributed by atoms with Crippen LogP contribution in [0.1, 0.15) is 36.5 Å². The second-order valence-electron chi connectivity index (χ2n) is 7.01. The van der Waals surface area contributed by atoms with Crippen LogP contribution in [0, 0.1) is 6.92 Å². The lowest BCUT2D eigenvalue weighted by atomic mass is 9.95. The van der Waals surface area contributed by atoms with Crippen LogP contribution in [-0.4, -0.2) is 24.0 Å². The number of methoxy groups -OCH3 is 1. The van der Waals surface area contributed by atoms with Crippen LogP contribution in [0.3, 0.4) is 0 Å². The fourth-order valence-electron chi connectivity index (χ4n) is 3.16. The average Bonchev–Trinajstić information content (AvgIpc) is 2.66. The summed E-state index contributed by atoms with van der Waals surface area (Å²) in [6.07, 6.45) is 1.59. The lowest BCUT2D eigenvalue weighted by molar-refractivity contribution is -0.122. The molecule has 0 radical (unpaired) electrons. The molecule has 7 heteroatoms. The van der Waals surface area contributed by atoms with E-state index in [0.29, 0.717) is 10.7 Å². The third-order valence-electron chi connectivity index (χ3n) is 4.74. The van der Waals surface area contributed by atoms with Gasteiger partial charge >= 0.3 is 0 Å². The van der Waals surface area contributed by atoms with Crippen molar-refractivity contribution in [2.45, 2.75) is 26.7 Å². The fraction of sp³-hybridized carbons (Fsp3) is 0.227. The standard InChI is InChI=1S/C22H21ClN2O3S/c1-12(2)15-10-14(13(3)9-19(15)28-4)11-16-20(26)24-22(29)25(21(16)27)18-8-6-5-7-17(18)23/h5-12H,1-4H3,(H,24,26,29)/b16-11+. The van der Waals surface area contributed by atoms with E-state index >= 15 is 0 Å². The predicted molar refractivity (Wildman–Crippen MR) is 119 cm³/mol. The highest BCUT2D eigenvalue weighted by molar-refractivity contribution is 7.80. The van der Waals surface area contributed by atoms with Gasteiger partial charge in [0.15, 0.2) is 5.11 Å². The second kappa shape index (κ2) is 8.35. The number of hydrogen-bond donors (Lipinski definition) is 1. The molecule has 2 aromatic rings. The van der Waals surface area contributed by atoms with E-state index < -0.39 is 11.8 Å². The van der Waals surface area contributed by atoms with E-state index in [-0.39, 0.29) is 16.6 Å². The molecule has 5 nitrogen and oxygen atoms in total. The number of halogens is 1. The summed E-state index contributed by atoms with van der Waals surface area (Å²) in [5.74, 6) is -0.0680. The number of benzene rings is 2. The largest absolute Gasteiger partial charge is 0.496 e. The van der Waals surface area contributed by atoms with E-state index in [1.807, 2.05) is 19.1 Å². The number of nitrogens with zero attached hydrogens (tertiary/aromatic N) is 1. The minimum absolute atomic E-state index is 0.000396. The van der Waals surface area contributed by atoms with E-state index in [1.165, 1.54) is 4.90 Å². The van der Waals surface area contributed by atoms with Gasteiger partial charge in [-0.05, 0) is 72.1 Å². The molecule has 1 heterocycles. The first-order valence-electron chi connectivity index (χ1n) is 9.09. The quantitative estimate of drug-likeness (QED) is 0.439. The van der Waals surface area contributed by atoms with Gasteiger partial charge in [-0.2, -0.15) is 0 Å². The molecule has 0 unspecified atom stereocenters. The lowest BCUT2D eigenvalue weighted by Gasteiger charge is -2.29. The van der Waals surface area contributed by atoms with Crippen molar-refractivity contribution in [3.8, 4) is 5.75 Å². The number of para-hydroxylation sites is 1. The Hall–Kier alpha value is -2.70. The molecule has 0 saturated carbocycles. The first-order chi connectivity index (χ1) is 13.7. The van der Waals surface area contributed by atoms with Gasteiger partial charge in [0.1, 0.15) is 11.3 Å². The molecular formula is C22H21ClN2O3S. The average molecular weight is 429 g/mol. The molecule has 29 heavy (non-hydrogen) atoms. The topological polar surface area (TPSA) is 58.6 Å². The summed E-state index contributed by atoms with van der Waals surface area (Å²) < 4.78 is 5.47. The number of nitrogens with one attached hydrogen (secondary N) is 1. The third-order valence-corrected chi connectivity index (χ3v) is 5.34. The van der Waals surface area contributed by atoms with Crippen molar-refractivity contribution in [2.24, 2.45) is 0 Å². The number of hydrogen-bond acceptors (Lipinski definition) is 4. The number of carbonyl (C=O) groups is 2. The van der Waals surface area contributed by atoms with Gasteiger partial charge in [0.05, 0.1) is 17.8 Å². The summed E-state index contributed by atoms with van der Waals surface area (Å²) in [6, 6.07) is 10.7.